The Balaban J connectivity index is 0.000000125. The van der Waals surface area contributed by atoms with Crippen LogP contribution in [0.5, 0.6) is 11.5 Å². The quantitative estimate of drug-likeness (QED) is 0.0540. The number of phenolic OH excluding ortho intramolecular Hbond substituents is 2. The number of aryl methyl sites for hydroxylation is 1. The van der Waals surface area contributed by atoms with E-state index in [0.717, 1.165) is 90.0 Å². The lowest BCUT2D eigenvalue weighted by Gasteiger charge is -2.08. The van der Waals surface area contributed by atoms with Crippen LogP contribution in [0, 0.1) is 12.7 Å². The average molecular weight is 1870 g/mol. The standard InChI is InChI=1S/C15H11N3O2.C15H13N3O.C15H11N3O.C15H13N3.C9H8N4.C8H6ClN3O.C8H6ClN3.C8H6FN3.C8H7N3O/c19-15(20)11-7-5-10(6-8-11)12-3-1-2-4-13(12)14-16-9-17-18-14;2*19-9-11-5-7-12(8-6-11)13-3-1-2-4-14(13)15-16-10-17-18-15;1-11-6-8-12(9-7-11)13-4-2-3-5-14(13)15-16-10-17-18-15;1-2-4-8(5-3-1)6-7-9-10-12-13-11-9;9-5-1-2-6(7(13)3-5)8-10-4-11-12-8;2*9-7-4-2-1-3-6(7)8-10-5-11-12-8;12-7-4-2-1-3-6(7)8-9-5-10-11-8/h1-8H,9H2,(H,19,20);1-8,19H,9-10H2;1-9H,10H2;2-9H,10H2,1H3;1-7H,(H,10,11,12,13);1-3,13H,4H2;2*1-4H,5H2;1-4,12H,5H2/b;;;;7-6+;;;;. The molecule has 37 heteroatoms. The van der Waals surface area contributed by atoms with Crippen LogP contribution in [-0.2, 0) is 6.61 Å². The second-order valence-electron chi connectivity index (χ2n) is 29.1. The monoisotopic (exact) mass is 1870 g/mol. The number of carbonyl (C=O) groups excluding carboxylic acids is 1. The molecule has 0 fully saturated rings. The number of rotatable bonds is 17. The molecule has 8 aliphatic heterocycles. The highest BCUT2D eigenvalue weighted by Crippen LogP contribution is 2.33. The summed E-state index contributed by atoms with van der Waals surface area (Å²) in [5, 5.41) is 113. The van der Waals surface area contributed by atoms with Gasteiger partial charge in [0.1, 0.15) is 23.6 Å². The van der Waals surface area contributed by atoms with Crippen LogP contribution >= 0.6 is 23.2 Å². The van der Waals surface area contributed by atoms with E-state index in [1.807, 2.05) is 194 Å². The van der Waals surface area contributed by atoms with Gasteiger partial charge in [0, 0.05) is 38.4 Å². The summed E-state index contributed by atoms with van der Waals surface area (Å²) >= 11 is 11.6. The number of hydrogen-bond donors (Lipinski definition) is 5. The third-order valence-electron chi connectivity index (χ3n) is 20.0. The van der Waals surface area contributed by atoms with Gasteiger partial charge in [0.05, 0.1) is 33.9 Å². The number of nitrogens with zero attached hydrogens (tertiary/aromatic N) is 27. The molecule has 0 spiro atoms. The number of carbonyl (C=O) groups is 2. The Labute approximate surface area is 798 Å². The van der Waals surface area contributed by atoms with Crippen LogP contribution in [0.4, 0.5) is 4.39 Å². The normalized spacial score (nSPS) is 13.7. The highest BCUT2D eigenvalue weighted by atomic mass is 35.5. The van der Waals surface area contributed by atoms with Gasteiger partial charge in [0.15, 0.2) is 106 Å². The van der Waals surface area contributed by atoms with E-state index in [9.17, 15) is 24.2 Å². The number of benzene rings is 13. The zero-order valence-electron chi connectivity index (χ0n) is 73.4. The molecule has 0 atom stereocenters. The van der Waals surface area contributed by atoms with E-state index < -0.39 is 5.97 Å². The van der Waals surface area contributed by atoms with Gasteiger partial charge in [0.2, 0.25) is 0 Å². The van der Waals surface area contributed by atoms with E-state index in [0.29, 0.717) is 132 Å². The molecule has 8 aliphatic rings. The number of halogens is 3. The van der Waals surface area contributed by atoms with Crippen LogP contribution in [0.15, 0.2) is 437 Å². The minimum absolute atomic E-state index is 0.0584. The van der Waals surface area contributed by atoms with Gasteiger partial charge in [0.25, 0.3) is 0 Å². The maximum absolute atomic E-state index is 13.1. The molecule has 1 aromatic heterocycles. The zero-order chi connectivity index (χ0) is 95.8. The highest BCUT2D eigenvalue weighted by molar-refractivity contribution is 6.34. The summed E-state index contributed by atoms with van der Waals surface area (Å²) in [4.78, 5) is 54.5. The van der Waals surface area contributed by atoms with E-state index in [1.165, 1.54) is 23.3 Å². The number of carboxylic acids is 1. The lowest BCUT2D eigenvalue weighted by Crippen LogP contribution is -1.98. The fourth-order valence-electron chi connectivity index (χ4n) is 13.3. The summed E-state index contributed by atoms with van der Waals surface area (Å²) in [6.45, 7) is 5.18. The molecule has 0 radical (unpaired) electrons. The van der Waals surface area contributed by atoms with Crippen LogP contribution in [0.1, 0.15) is 87.7 Å². The van der Waals surface area contributed by atoms with Gasteiger partial charge < -0.3 is 20.4 Å². The summed E-state index contributed by atoms with van der Waals surface area (Å²) in [6.07, 6.45) is 4.58. The van der Waals surface area contributed by atoms with Gasteiger partial charge in [-0.1, -0.05) is 284 Å². The minimum atomic E-state index is -0.932. The Hall–Kier alpha value is -18.0. The molecule has 34 nitrogen and oxygen atoms in total. The summed E-state index contributed by atoms with van der Waals surface area (Å²) in [5.74, 6) is 4.27. The van der Waals surface area contributed by atoms with Crippen molar-refractivity contribution >= 4 is 94.3 Å². The number of nitrogens with one attached hydrogen (secondary N) is 1. The number of carboxylic acid groups (broad SMARTS) is 1. The molecular weight excluding hydrogens is 1790 g/mol. The summed E-state index contributed by atoms with van der Waals surface area (Å²) in [7, 11) is 0. The lowest BCUT2D eigenvalue weighted by atomic mass is 9.98. The molecule has 0 amide bonds. The van der Waals surface area contributed by atoms with E-state index in [2.05, 4.69) is 180 Å². The van der Waals surface area contributed by atoms with Crippen molar-refractivity contribution in [3.63, 3.8) is 0 Å². The Kier molecular flexibility index (Phi) is 34.9. The first-order valence-electron chi connectivity index (χ1n) is 42.4. The molecule has 0 saturated heterocycles. The number of aromatic carboxylic acids is 1. The number of H-pyrrole nitrogens is 1. The summed E-state index contributed by atoms with van der Waals surface area (Å²) in [5.41, 5.74) is 19.0. The first-order chi connectivity index (χ1) is 67.7. The van der Waals surface area contributed by atoms with E-state index in [1.54, 1.807) is 91.0 Å². The minimum Gasteiger partial charge on any atom is -0.507 e. The van der Waals surface area contributed by atoms with Gasteiger partial charge in [-0.3, -0.25) is 4.79 Å². The Morgan fingerprint density at radius 2 is 0.681 bits per heavy atom. The van der Waals surface area contributed by atoms with Crippen molar-refractivity contribution in [2.24, 2.45) is 122 Å². The van der Waals surface area contributed by atoms with Crippen LogP contribution in [0.2, 0.25) is 10.0 Å². The van der Waals surface area contributed by atoms with Crippen molar-refractivity contribution < 1.29 is 34.4 Å². The first kappa shape index (κ1) is 96.1. The number of azo groups is 8. The maximum Gasteiger partial charge on any atom is 0.335 e. The van der Waals surface area contributed by atoms with E-state index >= 15 is 0 Å². The number of para-hydroxylation sites is 1. The number of phenols is 2. The lowest BCUT2D eigenvalue weighted by molar-refractivity contribution is 0.0696. The fraction of sp³-hybridized carbons (Fsp3) is 0.0990. The van der Waals surface area contributed by atoms with Crippen molar-refractivity contribution in [1.82, 2.24) is 20.6 Å². The smallest absolute Gasteiger partial charge is 0.335 e. The topological polar surface area (TPSA) is 466 Å². The molecular formula is C101H81Cl2FN28O6. The molecule has 138 heavy (non-hydrogen) atoms. The SMILES string of the molecule is C(=C\c1nn[nH]n1)/c1ccccc1.Cc1ccc(-c2ccccc2C2=NCN=N2)cc1.Clc1ccccc1C1=NCN=N1.Fc1ccccc1C1=NCN=N1.O=C(O)c1ccc(-c2ccccc2C2=NCN=N2)cc1.O=Cc1ccc(-c2ccccc2C2=NCN=N2)cc1.OCc1ccc(-c2ccccc2C2=NCN=N2)cc1.Oc1cc(Cl)ccc1C1=NCN=N1.Oc1ccccc1C1=NCN=N1. The number of aliphatic hydroxyl groups is 1. The Bertz CT molecular complexity index is 7020. The molecule has 0 aliphatic carbocycles. The molecule has 5 N–H and O–H groups in total. The van der Waals surface area contributed by atoms with Crippen LogP contribution < -0.4 is 0 Å². The number of amidine groups is 8. The summed E-state index contributed by atoms with van der Waals surface area (Å²) in [6, 6.07) is 97.9. The van der Waals surface area contributed by atoms with Crippen molar-refractivity contribution in [3.05, 3.63) is 409 Å². The van der Waals surface area contributed by atoms with Crippen LogP contribution in [0.25, 0.3) is 56.7 Å². The van der Waals surface area contributed by atoms with Crippen molar-refractivity contribution in [1.29, 1.82) is 0 Å². The second kappa shape index (κ2) is 50.1. The molecule has 682 valence electrons. The van der Waals surface area contributed by atoms with Gasteiger partial charge in [-0.15, -0.1) is 51.1 Å². The van der Waals surface area contributed by atoms with Crippen molar-refractivity contribution in [3.8, 4) is 56.0 Å². The molecule has 0 bridgehead atoms. The third kappa shape index (κ3) is 27.2. The van der Waals surface area contributed by atoms with Crippen LogP contribution in [-0.4, -0.2) is 153 Å². The average Bonchev–Trinajstić information content (AvgIpc) is 1.50. The highest BCUT2D eigenvalue weighted by Gasteiger charge is 2.20. The molecule has 9 heterocycles. The second-order valence-corrected chi connectivity index (χ2v) is 29.9. The van der Waals surface area contributed by atoms with Gasteiger partial charge in [-0.2, -0.15) is 46.1 Å². The molecule has 22 rings (SSSR count). The van der Waals surface area contributed by atoms with Crippen molar-refractivity contribution in [2.45, 2.75) is 13.5 Å². The number of aliphatic imine (C=N–C) groups is 8. The number of aromatic amines is 1. The number of aldehydes is 1. The number of aliphatic hydroxyl groups excluding tert-OH is 1. The molecule has 0 saturated carbocycles. The molecule has 14 aromatic rings. The zero-order valence-corrected chi connectivity index (χ0v) is 74.9. The van der Waals surface area contributed by atoms with E-state index in [-0.39, 0.29) is 29.5 Å². The number of hydrogen-bond acceptors (Lipinski definition) is 32. The Morgan fingerprint density at radius 1 is 0.348 bits per heavy atom. The maximum atomic E-state index is 13.1. The van der Waals surface area contributed by atoms with Gasteiger partial charge in [-0.05, 0) is 141 Å². The summed E-state index contributed by atoms with van der Waals surface area (Å²) < 4.78 is 13.1. The third-order valence-corrected chi connectivity index (χ3v) is 20.6. The Morgan fingerprint density at radius 3 is 1.04 bits per heavy atom. The number of tetrazole rings is 1. The van der Waals surface area contributed by atoms with Crippen LogP contribution in [0.3, 0.4) is 0 Å². The predicted octanol–water partition coefficient (Wildman–Crippen LogP) is 23.1. The fourth-order valence-corrected chi connectivity index (χ4v) is 13.7. The number of aromatic hydroxyl groups is 2. The number of aromatic nitrogens is 4. The van der Waals surface area contributed by atoms with E-state index in [4.69, 9.17) is 33.4 Å². The van der Waals surface area contributed by atoms with Gasteiger partial charge in [-0.25, -0.2) is 49.1 Å². The largest absolute Gasteiger partial charge is 0.507 e. The molecule has 0 unspecified atom stereocenters. The van der Waals surface area contributed by atoms with Crippen molar-refractivity contribution in [2.75, 3.05) is 53.3 Å². The first-order valence-corrected chi connectivity index (χ1v) is 43.1. The molecule has 13 aromatic carbocycles. The van der Waals surface area contributed by atoms with Gasteiger partial charge >= 0.3 is 5.97 Å². The predicted molar refractivity (Wildman–Crippen MR) is 529 cm³/mol.